The van der Waals surface area contributed by atoms with Gasteiger partial charge in [-0.05, 0) is 83.3 Å². The van der Waals surface area contributed by atoms with E-state index in [0.717, 1.165) is 12.1 Å². The van der Waals surface area contributed by atoms with Crippen LogP contribution in [0.4, 0.5) is 18.9 Å². The van der Waals surface area contributed by atoms with E-state index in [1.165, 1.54) is 18.2 Å². The monoisotopic (exact) mass is 610 g/mol. The molecule has 32 heavy (non-hydrogen) atoms. The van der Waals surface area contributed by atoms with Crippen molar-refractivity contribution in [2.75, 3.05) is 5.32 Å². The molecule has 0 aliphatic carbocycles. The average molecular weight is 611 g/mol. The van der Waals surface area contributed by atoms with E-state index in [1.807, 2.05) is 0 Å². The molecule has 1 aromatic heterocycles. The molecular formula is C21H12Cl2F3IN2O2S. The van der Waals surface area contributed by atoms with E-state index in [-0.39, 0.29) is 10.8 Å². The van der Waals surface area contributed by atoms with Crippen LogP contribution in [-0.2, 0) is 11.0 Å². The highest BCUT2D eigenvalue weighted by molar-refractivity contribution is 14.1. The molecule has 0 radical (unpaired) electrons. The highest BCUT2D eigenvalue weighted by atomic mass is 127. The molecule has 0 aliphatic heterocycles. The predicted molar refractivity (Wildman–Crippen MR) is 132 cm³/mol. The van der Waals surface area contributed by atoms with Crippen molar-refractivity contribution in [2.24, 2.45) is 0 Å². The maximum absolute atomic E-state index is 13.2. The van der Waals surface area contributed by atoms with Gasteiger partial charge in [0.15, 0.2) is 5.11 Å². The van der Waals surface area contributed by atoms with Gasteiger partial charge in [0.25, 0.3) is 0 Å². The van der Waals surface area contributed by atoms with E-state index < -0.39 is 17.6 Å². The molecule has 0 bridgehead atoms. The molecule has 1 amide bonds. The van der Waals surface area contributed by atoms with E-state index in [1.54, 1.807) is 52.9 Å². The SMILES string of the molecule is O=C(C=Cc1ccc(-c2cccc(Cl)c2Cl)o1)NC(=S)Nc1ccc(I)cc1C(F)(F)F. The van der Waals surface area contributed by atoms with E-state index in [0.29, 0.717) is 30.7 Å². The third-order valence-corrected chi connectivity index (χ3v) is 5.71. The number of halogens is 6. The summed E-state index contributed by atoms with van der Waals surface area (Å²) in [5.74, 6) is 0.149. The lowest BCUT2D eigenvalue weighted by atomic mass is 10.1. The van der Waals surface area contributed by atoms with Crippen molar-refractivity contribution in [3.63, 3.8) is 0 Å². The summed E-state index contributed by atoms with van der Waals surface area (Å²) < 4.78 is 45.7. The fourth-order valence-corrected chi connectivity index (χ4v) is 3.70. The molecule has 166 valence electrons. The van der Waals surface area contributed by atoms with Crippen molar-refractivity contribution in [3.05, 3.63) is 79.5 Å². The van der Waals surface area contributed by atoms with E-state index in [4.69, 9.17) is 39.8 Å². The van der Waals surface area contributed by atoms with Gasteiger partial charge in [0.2, 0.25) is 5.91 Å². The van der Waals surface area contributed by atoms with Crippen molar-refractivity contribution in [2.45, 2.75) is 6.18 Å². The van der Waals surface area contributed by atoms with Crippen LogP contribution in [0.15, 0.2) is 59.0 Å². The zero-order valence-electron chi connectivity index (χ0n) is 15.8. The van der Waals surface area contributed by atoms with Gasteiger partial charge in [0, 0.05) is 15.2 Å². The molecule has 3 aromatic rings. The van der Waals surface area contributed by atoms with Crippen LogP contribution < -0.4 is 10.6 Å². The Morgan fingerprint density at radius 3 is 2.59 bits per heavy atom. The lowest BCUT2D eigenvalue weighted by Crippen LogP contribution is -2.33. The number of anilines is 1. The van der Waals surface area contributed by atoms with Gasteiger partial charge in [-0.1, -0.05) is 29.3 Å². The standard InChI is InChI=1S/C21H12Cl2F3IN2O2S/c22-15-3-1-2-13(19(15)23)17-8-5-12(31-17)6-9-18(30)29-20(32)28-16-7-4-11(27)10-14(16)21(24,25)26/h1-10H,(H2,28,29,30,32). The first-order valence-corrected chi connectivity index (χ1v) is 11.0. The zero-order valence-corrected chi connectivity index (χ0v) is 20.3. The smallest absolute Gasteiger partial charge is 0.418 e. The summed E-state index contributed by atoms with van der Waals surface area (Å²) in [7, 11) is 0. The van der Waals surface area contributed by atoms with Gasteiger partial charge in [-0.3, -0.25) is 10.1 Å². The van der Waals surface area contributed by atoms with Crippen LogP contribution >= 0.6 is 58.0 Å². The number of thiocarbonyl (C=S) groups is 1. The second-order valence-corrected chi connectivity index (χ2v) is 8.71. The molecule has 4 nitrogen and oxygen atoms in total. The van der Waals surface area contributed by atoms with Crippen LogP contribution in [-0.4, -0.2) is 11.0 Å². The highest BCUT2D eigenvalue weighted by Crippen LogP contribution is 2.36. The Morgan fingerprint density at radius 1 is 1.12 bits per heavy atom. The first-order valence-electron chi connectivity index (χ1n) is 8.75. The second kappa shape index (κ2) is 10.2. The molecule has 0 unspecified atom stereocenters. The molecule has 0 fully saturated rings. The van der Waals surface area contributed by atoms with Crippen molar-refractivity contribution >= 4 is 80.8 Å². The van der Waals surface area contributed by atoms with Gasteiger partial charge < -0.3 is 9.73 Å². The van der Waals surface area contributed by atoms with Gasteiger partial charge in [-0.2, -0.15) is 13.2 Å². The van der Waals surface area contributed by atoms with Crippen molar-refractivity contribution in [1.82, 2.24) is 5.32 Å². The molecule has 0 saturated heterocycles. The average Bonchev–Trinajstić information content (AvgIpc) is 3.18. The van der Waals surface area contributed by atoms with E-state index in [2.05, 4.69) is 10.6 Å². The zero-order chi connectivity index (χ0) is 23.5. The molecule has 0 saturated carbocycles. The Hall–Kier alpha value is -2.08. The van der Waals surface area contributed by atoms with Crippen molar-refractivity contribution < 1.29 is 22.4 Å². The lowest BCUT2D eigenvalue weighted by Gasteiger charge is -2.15. The number of nitrogens with one attached hydrogen (secondary N) is 2. The van der Waals surface area contributed by atoms with E-state index >= 15 is 0 Å². The number of alkyl halides is 3. The number of furan rings is 1. The summed E-state index contributed by atoms with van der Waals surface area (Å²) in [4.78, 5) is 12.1. The Balaban J connectivity index is 1.65. The van der Waals surface area contributed by atoms with Crippen LogP contribution in [0, 0.1) is 3.57 Å². The maximum atomic E-state index is 13.2. The third-order valence-electron chi connectivity index (χ3n) is 4.01. The highest BCUT2D eigenvalue weighted by Gasteiger charge is 2.34. The summed E-state index contributed by atoms with van der Waals surface area (Å²) >= 11 is 18.9. The van der Waals surface area contributed by atoms with Crippen molar-refractivity contribution in [3.8, 4) is 11.3 Å². The second-order valence-electron chi connectivity index (χ2n) is 6.27. The molecule has 0 atom stereocenters. The summed E-state index contributed by atoms with van der Waals surface area (Å²) in [5, 5.41) is 5.12. The first kappa shape index (κ1) is 24.6. The lowest BCUT2D eigenvalue weighted by molar-refractivity contribution is -0.137. The molecular weight excluding hydrogens is 599 g/mol. The molecule has 0 aliphatic rings. The van der Waals surface area contributed by atoms with Crippen LogP contribution in [0.5, 0.6) is 0 Å². The Morgan fingerprint density at radius 2 is 1.88 bits per heavy atom. The number of carbonyl (C=O) groups excluding carboxylic acids is 1. The summed E-state index contributed by atoms with van der Waals surface area (Å²) in [6.07, 6.45) is -2.06. The summed E-state index contributed by atoms with van der Waals surface area (Å²) in [5.41, 5.74) is -0.563. The van der Waals surface area contributed by atoms with Crippen LogP contribution in [0.2, 0.25) is 10.0 Å². The number of benzene rings is 2. The number of amides is 1. The minimum Gasteiger partial charge on any atom is -0.457 e. The molecule has 1 heterocycles. The van der Waals surface area contributed by atoms with Gasteiger partial charge in [0.1, 0.15) is 11.5 Å². The largest absolute Gasteiger partial charge is 0.457 e. The van der Waals surface area contributed by atoms with Crippen LogP contribution in [0.3, 0.4) is 0 Å². The predicted octanol–water partition coefficient (Wildman–Crippen LogP) is 7.40. The molecule has 2 N–H and O–H groups in total. The van der Waals surface area contributed by atoms with Gasteiger partial charge in [0.05, 0.1) is 21.3 Å². The number of rotatable bonds is 4. The van der Waals surface area contributed by atoms with Crippen LogP contribution in [0.25, 0.3) is 17.4 Å². The normalized spacial score (nSPS) is 11.6. The summed E-state index contributed by atoms with van der Waals surface area (Å²) in [6.45, 7) is 0. The van der Waals surface area contributed by atoms with Crippen LogP contribution in [0.1, 0.15) is 11.3 Å². The topological polar surface area (TPSA) is 54.3 Å². The summed E-state index contributed by atoms with van der Waals surface area (Å²) in [6, 6.07) is 12.1. The van der Waals surface area contributed by atoms with Gasteiger partial charge in [-0.25, -0.2) is 0 Å². The van der Waals surface area contributed by atoms with Gasteiger partial charge >= 0.3 is 6.18 Å². The number of hydrogen-bond acceptors (Lipinski definition) is 3. The third kappa shape index (κ3) is 6.25. The number of carbonyl (C=O) groups is 1. The Labute approximate surface area is 209 Å². The first-order chi connectivity index (χ1) is 15.0. The van der Waals surface area contributed by atoms with Gasteiger partial charge in [-0.15, -0.1) is 0 Å². The Bertz CT molecular complexity index is 1210. The minimum absolute atomic E-state index is 0.263. The maximum Gasteiger partial charge on any atom is 0.418 e. The Kier molecular flexibility index (Phi) is 7.86. The molecule has 3 rings (SSSR count). The fraction of sp³-hybridized carbons (Fsp3) is 0.0476. The van der Waals surface area contributed by atoms with Crippen molar-refractivity contribution in [1.29, 1.82) is 0 Å². The number of hydrogen-bond donors (Lipinski definition) is 2. The molecule has 2 aromatic carbocycles. The quantitative estimate of drug-likeness (QED) is 0.184. The van der Waals surface area contributed by atoms with E-state index in [9.17, 15) is 18.0 Å². The minimum atomic E-state index is -4.58. The molecule has 11 heteroatoms. The fourth-order valence-electron chi connectivity index (χ4n) is 2.61. The molecule has 0 spiro atoms.